The van der Waals surface area contributed by atoms with E-state index in [0.29, 0.717) is 16.3 Å². The number of amides is 2. The monoisotopic (exact) mass is 478 g/mol. The number of aromatic amines is 1. The normalized spacial score (nSPS) is 12.0. The number of fused-ring (bicyclic) bond motifs is 1. The number of nitrogens with one attached hydrogen (secondary N) is 3. The number of H-pyrrole nitrogens is 1. The van der Waals surface area contributed by atoms with Crippen LogP contribution in [0, 0.1) is 5.82 Å². The van der Waals surface area contributed by atoms with Crippen molar-refractivity contribution < 1.29 is 14.0 Å². The molecule has 0 fully saturated rings. The van der Waals surface area contributed by atoms with Crippen LogP contribution in [0.1, 0.15) is 29.1 Å². The van der Waals surface area contributed by atoms with Gasteiger partial charge in [-0.1, -0.05) is 24.3 Å². The zero-order valence-corrected chi connectivity index (χ0v) is 20.1. The lowest BCUT2D eigenvalue weighted by molar-refractivity contribution is -0.118. The van der Waals surface area contributed by atoms with Gasteiger partial charge in [0.05, 0.1) is 10.6 Å². The summed E-state index contributed by atoms with van der Waals surface area (Å²) in [5.74, 6) is -1.17. The van der Waals surface area contributed by atoms with Gasteiger partial charge in [0.15, 0.2) is 0 Å². The number of anilines is 2. The van der Waals surface area contributed by atoms with Crippen molar-refractivity contribution in [3.63, 3.8) is 0 Å². The molecule has 0 aliphatic carbocycles. The SMILES string of the molecule is CC(C)N(C)c1ccc(NC(=O)C(Cc2c[nH]c3ccccc23)NC(=O)c2cccs2)cc1F. The molecule has 2 aromatic carbocycles. The zero-order valence-electron chi connectivity index (χ0n) is 19.3. The van der Waals surface area contributed by atoms with Gasteiger partial charge in [0.25, 0.3) is 5.91 Å². The molecule has 2 amide bonds. The molecule has 4 aromatic rings. The summed E-state index contributed by atoms with van der Waals surface area (Å²) in [7, 11) is 1.82. The van der Waals surface area contributed by atoms with E-state index in [1.54, 1.807) is 24.3 Å². The molecule has 0 radical (unpaired) electrons. The first kappa shape index (κ1) is 23.5. The van der Waals surface area contributed by atoms with Crippen molar-refractivity contribution in [2.45, 2.75) is 32.4 Å². The minimum atomic E-state index is -0.852. The molecule has 1 atom stereocenters. The number of aromatic nitrogens is 1. The number of thiophene rings is 1. The van der Waals surface area contributed by atoms with Crippen molar-refractivity contribution >= 4 is 45.4 Å². The minimum Gasteiger partial charge on any atom is -0.370 e. The third-order valence-corrected chi connectivity index (χ3v) is 6.70. The van der Waals surface area contributed by atoms with Crippen LogP contribution < -0.4 is 15.5 Å². The van der Waals surface area contributed by atoms with Crippen LogP contribution in [0.2, 0.25) is 0 Å². The topological polar surface area (TPSA) is 77.2 Å². The summed E-state index contributed by atoms with van der Waals surface area (Å²) in [4.78, 5) is 31.5. The first-order valence-corrected chi connectivity index (χ1v) is 11.9. The summed E-state index contributed by atoms with van der Waals surface area (Å²) >= 11 is 1.30. The lowest BCUT2D eigenvalue weighted by Gasteiger charge is -2.24. The largest absolute Gasteiger partial charge is 0.370 e. The molecule has 6 nitrogen and oxygen atoms in total. The number of rotatable bonds is 8. The van der Waals surface area contributed by atoms with Crippen molar-refractivity contribution in [3.05, 3.63) is 82.4 Å². The van der Waals surface area contributed by atoms with Crippen LogP contribution in [0.25, 0.3) is 10.9 Å². The molecular weight excluding hydrogens is 451 g/mol. The molecule has 0 bridgehead atoms. The Morgan fingerprint density at radius 3 is 2.62 bits per heavy atom. The van der Waals surface area contributed by atoms with Gasteiger partial charge in [-0.2, -0.15) is 0 Å². The quantitative estimate of drug-likeness (QED) is 0.326. The summed E-state index contributed by atoms with van der Waals surface area (Å²) < 4.78 is 14.7. The molecule has 176 valence electrons. The number of nitrogens with zero attached hydrogens (tertiary/aromatic N) is 1. The molecule has 34 heavy (non-hydrogen) atoms. The Bertz CT molecular complexity index is 1300. The molecule has 8 heteroatoms. The second-order valence-corrected chi connectivity index (χ2v) is 9.37. The van der Waals surface area contributed by atoms with Crippen LogP contribution in [-0.4, -0.2) is 35.9 Å². The van der Waals surface area contributed by atoms with E-state index < -0.39 is 17.8 Å². The lowest BCUT2D eigenvalue weighted by atomic mass is 10.0. The first-order chi connectivity index (χ1) is 16.3. The Labute approximate surface area is 201 Å². The number of carbonyl (C=O) groups is 2. The van der Waals surface area contributed by atoms with Crippen LogP contribution in [-0.2, 0) is 11.2 Å². The fraction of sp³-hybridized carbons (Fsp3) is 0.231. The van der Waals surface area contributed by atoms with Gasteiger partial charge in [-0.05, 0) is 55.1 Å². The van der Waals surface area contributed by atoms with Gasteiger partial charge in [-0.3, -0.25) is 9.59 Å². The Morgan fingerprint density at radius 1 is 1.12 bits per heavy atom. The Morgan fingerprint density at radius 2 is 1.91 bits per heavy atom. The summed E-state index contributed by atoms with van der Waals surface area (Å²) in [5, 5.41) is 8.41. The van der Waals surface area contributed by atoms with Crippen LogP contribution in [0.4, 0.5) is 15.8 Å². The summed E-state index contributed by atoms with van der Waals surface area (Å²) in [6, 6.07) is 15.2. The highest BCUT2D eigenvalue weighted by Gasteiger charge is 2.24. The van der Waals surface area contributed by atoms with E-state index >= 15 is 0 Å². The smallest absolute Gasteiger partial charge is 0.262 e. The van der Waals surface area contributed by atoms with Crippen molar-refractivity contribution in [2.24, 2.45) is 0 Å². The molecule has 0 aliphatic rings. The number of hydrogen-bond acceptors (Lipinski definition) is 4. The molecule has 0 saturated heterocycles. The van der Waals surface area contributed by atoms with Gasteiger partial charge in [-0.15, -0.1) is 11.3 Å². The molecule has 4 rings (SSSR count). The van der Waals surface area contributed by atoms with Gasteiger partial charge in [0, 0.05) is 42.3 Å². The van der Waals surface area contributed by atoms with E-state index in [1.807, 2.05) is 61.6 Å². The van der Waals surface area contributed by atoms with Crippen LogP contribution in [0.5, 0.6) is 0 Å². The van der Waals surface area contributed by atoms with Crippen molar-refractivity contribution in [3.8, 4) is 0 Å². The molecule has 2 aromatic heterocycles. The molecule has 0 spiro atoms. The predicted octanol–water partition coefficient (Wildman–Crippen LogP) is 5.19. The number of carbonyl (C=O) groups excluding carboxylic acids is 2. The van der Waals surface area contributed by atoms with E-state index in [2.05, 4.69) is 15.6 Å². The third kappa shape index (κ3) is 5.12. The summed E-state index contributed by atoms with van der Waals surface area (Å²) in [5.41, 5.74) is 2.64. The zero-order chi connectivity index (χ0) is 24.2. The maximum atomic E-state index is 14.7. The van der Waals surface area contributed by atoms with E-state index in [1.165, 1.54) is 17.4 Å². The van der Waals surface area contributed by atoms with Gasteiger partial charge < -0.3 is 20.5 Å². The Balaban J connectivity index is 1.57. The fourth-order valence-electron chi connectivity index (χ4n) is 3.75. The number of benzene rings is 2. The maximum absolute atomic E-state index is 14.7. The third-order valence-electron chi connectivity index (χ3n) is 5.84. The van der Waals surface area contributed by atoms with E-state index in [9.17, 15) is 14.0 Å². The average Bonchev–Trinajstić information content (AvgIpc) is 3.49. The van der Waals surface area contributed by atoms with Crippen molar-refractivity contribution in [1.82, 2.24) is 10.3 Å². The lowest BCUT2D eigenvalue weighted by Crippen LogP contribution is -2.45. The summed E-state index contributed by atoms with van der Waals surface area (Å²) in [6.45, 7) is 3.95. The second kappa shape index (κ2) is 10.1. The number of hydrogen-bond donors (Lipinski definition) is 3. The van der Waals surface area contributed by atoms with Gasteiger partial charge in [0.2, 0.25) is 5.91 Å². The highest BCUT2D eigenvalue weighted by molar-refractivity contribution is 7.12. The fourth-order valence-corrected chi connectivity index (χ4v) is 4.37. The second-order valence-electron chi connectivity index (χ2n) is 8.43. The number of para-hydroxylation sites is 1. The minimum absolute atomic E-state index is 0.128. The molecule has 0 saturated carbocycles. The maximum Gasteiger partial charge on any atom is 0.262 e. The van der Waals surface area contributed by atoms with Gasteiger partial charge in [-0.25, -0.2) is 4.39 Å². The standard InChI is InChI=1S/C26H27FN4O2S/c1-16(2)31(3)23-11-10-18(14-20(23)27)29-25(32)22(30-26(33)24-9-6-12-34-24)13-17-15-28-21-8-5-4-7-19(17)21/h4-12,14-16,22,28H,13H2,1-3H3,(H,29,32)(H,30,33). The molecule has 3 N–H and O–H groups in total. The molecular formula is C26H27FN4O2S. The van der Waals surface area contributed by atoms with E-state index in [-0.39, 0.29) is 18.4 Å². The predicted molar refractivity (Wildman–Crippen MR) is 136 cm³/mol. The van der Waals surface area contributed by atoms with Crippen LogP contribution in [0.3, 0.4) is 0 Å². The van der Waals surface area contributed by atoms with Crippen LogP contribution >= 0.6 is 11.3 Å². The van der Waals surface area contributed by atoms with Crippen molar-refractivity contribution in [2.75, 3.05) is 17.3 Å². The van der Waals surface area contributed by atoms with Gasteiger partial charge in [0.1, 0.15) is 11.9 Å². The Kier molecular flexibility index (Phi) is 6.98. The Hall–Kier alpha value is -3.65. The van der Waals surface area contributed by atoms with E-state index in [4.69, 9.17) is 0 Å². The average molecular weight is 479 g/mol. The molecule has 2 heterocycles. The molecule has 0 aliphatic heterocycles. The number of halogens is 1. The van der Waals surface area contributed by atoms with Crippen molar-refractivity contribution in [1.29, 1.82) is 0 Å². The first-order valence-electron chi connectivity index (χ1n) is 11.1. The molecule has 1 unspecified atom stereocenters. The highest BCUT2D eigenvalue weighted by atomic mass is 32.1. The van der Waals surface area contributed by atoms with Crippen LogP contribution in [0.15, 0.2) is 66.2 Å². The van der Waals surface area contributed by atoms with E-state index in [0.717, 1.165) is 16.5 Å². The highest BCUT2D eigenvalue weighted by Crippen LogP contribution is 2.24. The van der Waals surface area contributed by atoms with Gasteiger partial charge >= 0.3 is 0 Å². The summed E-state index contributed by atoms with van der Waals surface area (Å²) in [6.07, 6.45) is 2.13.